The standard InChI is InChI=1S/C26H18ClF5N2O3/c27-20-2-1-15(28)11-18(20)23-22-19(25(36)34-23)6-12(5-17-3-4-37-17)7-21(22)33-24(35)13-8-14(26(30,31)32)10-16(29)9-13/h1-2,6-11,17,23H,3-5H2,(H,33,35)(H,34,36). The molecule has 3 aromatic rings. The lowest BCUT2D eigenvalue weighted by Gasteiger charge is -2.27. The fourth-order valence-electron chi connectivity index (χ4n) is 4.47. The predicted molar refractivity (Wildman–Crippen MR) is 125 cm³/mol. The monoisotopic (exact) mass is 536 g/mol. The summed E-state index contributed by atoms with van der Waals surface area (Å²) in [6.07, 6.45) is -3.73. The second-order valence-electron chi connectivity index (χ2n) is 8.84. The van der Waals surface area contributed by atoms with E-state index in [1.807, 2.05) is 0 Å². The Morgan fingerprint density at radius 3 is 2.51 bits per heavy atom. The number of amides is 2. The summed E-state index contributed by atoms with van der Waals surface area (Å²) in [4.78, 5) is 25.9. The third kappa shape index (κ3) is 5.03. The minimum atomic E-state index is -4.86. The molecular formula is C26H18ClF5N2O3. The van der Waals surface area contributed by atoms with E-state index in [9.17, 15) is 31.5 Å². The second-order valence-corrected chi connectivity index (χ2v) is 9.25. The Bertz CT molecular complexity index is 1420. The normalized spacial score (nSPS) is 18.7. The first-order chi connectivity index (χ1) is 17.5. The van der Waals surface area contributed by atoms with E-state index in [0.717, 1.165) is 18.6 Å². The number of fused-ring (bicyclic) bond motifs is 1. The molecule has 5 rings (SSSR count). The lowest BCUT2D eigenvalue weighted by Crippen LogP contribution is -2.28. The number of rotatable bonds is 5. The SMILES string of the molecule is O=C(Nc1cc(CC2CCO2)cc2c1C(c1cc(F)ccc1Cl)NC2=O)c1cc(F)cc(C(F)(F)F)c1. The Balaban J connectivity index is 1.59. The number of ether oxygens (including phenoxy) is 1. The largest absolute Gasteiger partial charge is 0.416 e. The zero-order chi connectivity index (χ0) is 26.5. The minimum Gasteiger partial charge on any atom is -0.378 e. The topological polar surface area (TPSA) is 67.4 Å². The molecule has 0 aromatic heterocycles. The second kappa shape index (κ2) is 9.42. The Kier molecular flexibility index (Phi) is 6.41. The fourth-order valence-corrected chi connectivity index (χ4v) is 4.70. The molecule has 0 bridgehead atoms. The van der Waals surface area contributed by atoms with Gasteiger partial charge in [-0.2, -0.15) is 13.2 Å². The van der Waals surface area contributed by atoms with Gasteiger partial charge in [-0.1, -0.05) is 11.6 Å². The number of hydrogen-bond donors (Lipinski definition) is 2. The molecule has 2 amide bonds. The van der Waals surface area contributed by atoms with Crippen molar-refractivity contribution in [1.29, 1.82) is 0 Å². The van der Waals surface area contributed by atoms with Gasteiger partial charge in [-0.05, 0) is 66.9 Å². The zero-order valence-corrected chi connectivity index (χ0v) is 19.6. The van der Waals surface area contributed by atoms with Crippen LogP contribution in [0.3, 0.4) is 0 Å². The molecule has 2 heterocycles. The summed E-state index contributed by atoms with van der Waals surface area (Å²) >= 11 is 6.28. The lowest BCUT2D eigenvalue weighted by molar-refractivity contribution is -0.137. The lowest BCUT2D eigenvalue weighted by atomic mass is 9.92. The fraction of sp³-hybridized carbons (Fsp3) is 0.231. The Labute approximate surface area is 212 Å². The van der Waals surface area contributed by atoms with Gasteiger partial charge in [-0.3, -0.25) is 9.59 Å². The molecule has 0 saturated carbocycles. The number of carbonyl (C=O) groups is 2. The molecule has 2 N–H and O–H groups in total. The van der Waals surface area contributed by atoms with Crippen LogP contribution in [0.5, 0.6) is 0 Å². The molecule has 3 aromatic carbocycles. The number of anilines is 1. The average molecular weight is 537 g/mol. The summed E-state index contributed by atoms with van der Waals surface area (Å²) in [6, 6.07) is 7.37. The van der Waals surface area contributed by atoms with Crippen LogP contribution in [0.1, 0.15) is 55.4 Å². The number of nitrogens with one attached hydrogen (secondary N) is 2. The molecule has 192 valence electrons. The Morgan fingerprint density at radius 1 is 1.08 bits per heavy atom. The number of carbonyl (C=O) groups excluding carboxylic acids is 2. The third-order valence-corrected chi connectivity index (χ3v) is 6.65. The summed E-state index contributed by atoms with van der Waals surface area (Å²) in [5.74, 6) is -3.36. The van der Waals surface area contributed by atoms with Crippen LogP contribution in [0.2, 0.25) is 5.02 Å². The highest BCUT2D eigenvalue weighted by Crippen LogP contribution is 2.41. The maximum atomic E-state index is 14.0. The van der Waals surface area contributed by atoms with Crippen molar-refractivity contribution in [3.05, 3.63) is 98.6 Å². The van der Waals surface area contributed by atoms with Crippen LogP contribution >= 0.6 is 11.6 Å². The summed E-state index contributed by atoms with van der Waals surface area (Å²) in [6.45, 7) is 0.598. The van der Waals surface area contributed by atoms with Crippen molar-refractivity contribution in [1.82, 2.24) is 5.32 Å². The van der Waals surface area contributed by atoms with E-state index in [4.69, 9.17) is 16.3 Å². The Hall–Kier alpha value is -3.50. The maximum absolute atomic E-state index is 14.0. The van der Waals surface area contributed by atoms with E-state index in [1.165, 1.54) is 6.07 Å². The van der Waals surface area contributed by atoms with Crippen LogP contribution in [0, 0.1) is 11.6 Å². The average Bonchev–Trinajstić information content (AvgIpc) is 3.13. The van der Waals surface area contributed by atoms with Gasteiger partial charge in [0.25, 0.3) is 11.8 Å². The maximum Gasteiger partial charge on any atom is 0.416 e. The predicted octanol–water partition coefficient (Wildman–Crippen LogP) is 6.05. The van der Waals surface area contributed by atoms with E-state index < -0.39 is 46.8 Å². The van der Waals surface area contributed by atoms with Gasteiger partial charge in [-0.15, -0.1) is 0 Å². The number of halogens is 6. The van der Waals surface area contributed by atoms with Crippen molar-refractivity contribution in [3.8, 4) is 0 Å². The number of benzene rings is 3. The highest BCUT2D eigenvalue weighted by molar-refractivity contribution is 6.31. The Morgan fingerprint density at radius 2 is 1.84 bits per heavy atom. The van der Waals surface area contributed by atoms with Crippen molar-refractivity contribution in [3.63, 3.8) is 0 Å². The molecular weight excluding hydrogens is 519 g/mol. The van der Waals surface area contributed by atoms with Crippen molar-refractivity contribution < 1.29 is 36.3 Å². The number of alkyl halides is 3. The zero-order valence-electron chi connectivity index (χ0n) is 18.9. The van der Waals surface area contributed by atoms with Crippen molar-refractivity contribution >= 4 is 29.1 Å². The van der Waals surface area contributed by atoms with Gasteiger partial charge in [0.1, 0.15) is 11.6 Å². The van der Waals surface area contributed by atoms with Crippen molar-refractivity contribution in [2.24, 2.45) is 0 Å². The van der Waals surface area contributed by atoms with E-state index in [0.29, 0.717) is 30.7 Å². The molecule has 2 aliphatic heterocycles. The van der Waals surface area contributed by atoms with Crippen LogP contribution in [-0.4, -0.2) is 24.5 Å². The van der Waals surface area contributed by atoms with E-state index in [-0.39, 0.29) is 39.6 Å². The highest BCUT2D eigenvalue weighted by Gasteiger charge is 2.36. The van der Waals surface area contributed by atoms with Crippen LogP contribution in [0.15, 0.2) is 48.5 Å². The van der Waals surface area contributed by atoms with Crippen molar-refractivity contribution in [2.45, 2.75) is 31.2 Å². The van der Waals surface area contributed by atoms with Gasteiger partial charge >= 0.3 is 6.18 Å². The molecule has 0 spiro atoms. The number of hydrogen-bond acceptors (Lipinski definition) is 3. The molecule has 11 heteroatoms. The van der Waals surface area contributed by atoms with Crippen LogP contribution in [0.25, 0.3) is 0 Å². The summed E-state index contributed by atoms with van der Waals surface area (Å²) in [7, 11) is 0. The molecule has 2 aliphatic rings. The quantitative estimate of drug-likeness (QED) is 0.390. The molecule has 37 heavy (non-hydrogen) atoms. The van der Waals surface area contributed by atoms with Crippen molar-refractivity contribution in [2.75, 3.05) is 11.9 Å². The van der Waals surface area contributed by atoms with Gasteiger partial charge in [0.2, 0.25) is 0 Å². The van der Waals surface area contributed by atoms with Crippen LogP contribution in [-0.2, 0) is 17.3 Å². The summed E-state index contributed by atoms with van der Waals surface area (Å²) in [5.41, 5.74) is -0.478. The molecule has 0 aliphatic carbocycles. The van der Waals surface area contributed by atoms with Gasteiger partial charge in [-0.25, -0.2) is 8.78 Å². The minimum absolute atomic E-state index is 0.0860. The van der Waals surface area contributed by atoms with E-state index in [2.05, 4.69) is 10.6 Å². The van der Waals surface area contributed by atoms with Crippen LogP contribution in [0.4, 0.5) is 27.6 Å². The highest BCUT2D eigenvalue weighted by atomic mass is 35.5. The smallest absolute Gasteiger partial charge is 0.378 e. The van der Waals surface area contributed by atoms with Gasteiger partial charge in [0.15, 0.2) is 0 Å². The summed E-state index contributed by atoms with van der Waals surface area (Å²) < 4.78 is 73.0. The van der Waals surface area contributed by atoms with Crippen LogP contribution < -0.4 is 10.6 Å². The van der Waals surface area contributed by atoms with Gasteiger partial charge in [0.05, 0.1) is 17.7 Å². The molecule has 1 fully saturated rings. The van der Waals surface area contributed by atoms with Gasteiger partial charge < -0.3 is 15.4 Å². The van der Waals surface area contributed by atoms with Gasteiger partial charge in [0, 0.05) is 39.6 Å². The molecule has 5 nitrogen and oxygen atoms in total. The molecule has 1 saturated heterocycles. The first-order valence-electron chi connectivity index (χ1n) is 11.2. The molecule has 0 radical (unpaired) electrons. The molecule has 2 atom stereocenters. The summed E-state index contributed by atoms with van der Waals surface area (Å²) in [5, 5.41) is 5.40. The first kappa shape index (κ1) is 25.2. The third-order valence-electron chi connectivity index (χ3n) is 6.31. The van der Waals surface area contributed by atoms with E-state index in [1.54, 1.807) is 12.1 Å². The first-order valence-corrected chi connectivity index (χ1v) is 11.6. The van der Waals surface area contributed by atoms with E-state index >= 15 is 0 Å². The molecule has 2 unspecified atom stereocenters.